The molecular formula is C13H18N2O3. The summed E-state index contributed by atoms with van der Waals surface area (Å²) >= 11 is 0. The number of hydrogen-bond acceptors (Lipinski definition) is 4. The van der Waals surface area contributed by atoms with E-state index in [2.05, 4.69) is 0 Å². The molecule has 1 aliphatic carbocycles. The summed E-state index contributed by atoms with van der Waals surface area (Å²) in [4.78, 5) is 10.0. The highest BCUT2D eigenvalue weighted by atomic mass is 16.6. The fraction of sp³-hybridized carbons (Fsp3) is 0.538. The zero-order valence-corrected chi connectivity index (χ0v) is 10.3. The second kappa shape index (κ2) is 5.82. The predicted molar refractivity (Wildman–Crippen MR) is 69.0 cm³/mol. The van der Waals surface area contributed by atoms with Crippen molar-refractivity contribution in [2.24, 2.45) is 11.7 Å². The van der Waals surface area contributed by atoms with Crippen LogP contribution in [0, 0.1) is 16.0 Å². The first-order valence-electron chi connectivity index (χ1n) is 6.35. The molecule has 1 aromatic heterocycles. The zero-order chi connectivity index (χ0) is 13.0. The molecule has 0 aromatic carbocycles. The second-order valence-electron chi connectivity index (χ2n) is 4.69. The van der Waals surface area contributed by atoms with Gasteiger partial charge in [0.2, 0.25) is 0 Å². The molecule has 1 saturated carbocycles. The van der Waals surface area contributed by atoms with E-state index in [0.717, 1.165) is 18.4 Å². The summed E-state index contributed by atoms with van der Waals surface area (Å²) in [6.45, 7) is 0.485. The van der Waals surface area contributed by atoms with Gasteiger partial charge in [-0.25, -0.2) is 0 Å². The smallest absolute Gasteiger partial charge is 0.401 e. The predicted octanol–water partition coefficient (Wildman–Crippen LogP) is 3.11. The Labute approximate surface area is 106 Å². The normalized spacial score (nSPS) is 17.9. The fourth-order valence-electron chi connectivity index (χ4n) is 2.52. The van der Waals surface area contributed by atoms with Crippen molar-refractivity contribution in [3.63, 3.8) is 0 Å². The first-order chi connectivity index (χ1) is 8.70. The minimum Gasteiger partial charge on any atom is -0.401 e. The maximum absolute atomic E-state index is 10.5. The van der Waals surface area contributed by atoms with E-state index in [4.69, 9.17) is 10.2 Å². The number of nitro groups is 1. The highest BCUT2D eigenvalue weighted by Crippen LogP contribution is 2.30. The van der Waals surface area contributed by atoms with E-state index in [1.807, 2.05) is 6.08 Å². The molecule has 0 unspecified atom stereocenters. The summed E-state index contributed by atoms with van der Waals surface area (Å²) in [6, 6.07) is 3.00. The van der Waals surface area contributed by atoms with Gasteiger partial charge in [-0.1, -0.05) is 19.3 Å². The SMILES string of the molecule is NCC(=Cc1ccc([N+](=O)[O-])o1)C1CCCCC1. The van der Waals surface area contributed by atoms with Gasteiger partial charge in [0.05, 0.1) is 6.07 Å². The van der Waals surface area contributed by atoms with Crippen LogP contribution in [0.5, 0.6) is 0 Å². The van der Waals surface area contributed by atoms with E-state index in [1.165, 1.54) is 25.3 Å². The molecule has 2 N–H and O–H groups in total. The van der Waals surface area contributed by atoms with Gasteiger partial charge in [0.1, 0.15) is 10.7 Å². The summed E-state index contributed by atoms with van der Waals surface area (Å²) in [5.74, 6) is 0.807. The monoisotopic (exact) mass is 250 g/mol. The summed E-state index contributed by atoms with van der Waals surface area (Å²) in [7, 11) is 0. The second-order valence-corrected chi connectivity index (χ2v) is 4.69. The van der Waals surface area contributed by atoms with Gasteiger partial charge in [0, 0.05) is 6.54 Å². The molecule has 1 heterocycles. The van der Waals surface area contributed by atoms with Crippen LogP contribution in [0.2, 0.25) is 0 Å². The molecular weight excluding hydrogens is 232 g/mol. The third-order valence-electron chi connectivity index (χ3n) is 3.49. The minimum absolute atomic E-state index is 0.221. The molecule has 5 nitrogen and oxygen atoms in total. The summed E-state index contributed by atoms with van der Waals surface area (Å²) < 4.78 is 5.14. The van der Waals surface area contributed by atoms with E-state index in [1.54, 1.807) is 6.07 Å². The van der Waals surface area contributed by atoms with E-state index in [-0.39, 0.29) is 5.88 Å². The van der Waals surface area contributed by atoms with Crippen LogP contribution < -0.4 is 5.73 Å². The van der Waals surface area contributed by atoms with Crippen LogP contribution in [0.1, 0.15) is 37.9 Å². The summed E-state index contributed by atoms with van der Waals surface area (Å²) in [5, 5.41) is 10.5. The molecule has 18 heavy (non-hydrogen) atoms. The van der Waals surface area contributed by atoms with Crippen LogP contribution in [-0.2, 0) is 0 Å². The van der Waals surface area contributed by atoms with Crippen molar-refractivity contribution in [1.82, 2.24) is 0 Å². The van der Waals surface area contributed by atoms with Gasteiger partial charge < -0.3 is 10.2 Å². The average Bonchev–Trinajstić information content (AvgIpc) is 2.86. The number of rotatable bonds is 4. The highest BCUT2D eigenvalue weighted by Gasteiger charge is 2.18. The first-order valence-corrected chi connectivity index (χ1v) is 6.35. The van der Waals surface area contributed by atoms with Crippen LogP contribution in [0.3, 0.4) is 0 Å². The van der Waals surface area contributed by atoms with Crippen LogP contribution in [0.25, 0.3) is 6.08 Å². The molecule has 1 aliphatic rings. The molecule has 0 saturated heterocycles. The highest BCUT2D eigenvalue weighted by molar-refractivity contribution is 5.50. The van der Waals surface area contributed by atoms with Crippen molar-refractivity contribution >= 4 is 12.0 Å². The van der Waals surface area contributed by atoms with Crippen LogP contribution in [0.4, 0.5) is 5.88 Å². The molecule has 0 spiro atoms. The molecule has 98 valence electrons. The molecule has 0 aliphatic heterocycles. The average molecular weight is 250 g/mol. The first kappa shape index (κ1) is 12.8. The fourth-order valence-corrected chi connectivity index (χ4v) is 2.52. The molecule has 0 radical (unpaired) electrons. The van der Waals surface area contributed by atoms with E-state index in [0.29, 0.717) is 18.2 Å². The van der Waals surface area contributed by atoms with Crippen molar-refractivity contribution in [3.05, 3.63) is 33.6 Å². The Morgan fingerprint density at radius 1 is 1.44 bits per heavy atom. The lowest BCUT2D eigenvalue weighted by Crippen LogP contribution is -2.15. The summed E-state index contributed by atoms with van der Waals surface area (Å²) in [6.07, 6.45) is 7.95. The van der Waals surface area contributed by atoms with Gasteiger partial charge in [-0.2, -0.15) is 0 Å². The quantitative estimate of drug-likeness (QED) is 0.657. The Morgan fingerprint density at radius 3 is 2.72 bits per heavy atom. The Bertz CT molecular complexity index is 445. The van der Waals surface area contributed by atoms with Crippen LogP contribution in [0.15, 0.2) is 22.1 Å². The largest absolute Gasteiger partial charge is 0.433 e. The lowest BCUT2D eigenvalue weighted by Gasteiger charge is -2.23. The van der Waals surface area contributed by atoms with Crippen molar-refractivity contribution in [2.45, 2.75) is 32.1 Å². The Morgan fingerprint density at radius 2 is 2.17 bits per heavy atom. The van der Waals surface area contributed by atoms with Gasteiger partial charge in [0.25, 0.3) is 0 Å². The van der Waals surface area contributed by atoms with E-state index >= 15 is 0 Å². The number of nitrogens with two attached hydrogens (primary N) is 1. The molecule has 1 fully saturated rings. The molecule has 0 amide bonds. The standard InChI is InChI=1S/C13H18N2O3/c14-9-11(10-4-2-1-3-5-10)8-12-6-7-13(18-12)15(16)17/h6-8,10H,1-5,9,14H2. The summed E-state index contributed by atoms with van der Waals surface area (Å²) in [5.41, 5.74) is 6.91. The van der Waals surface area contributed by atoms with Gasteiger partial charge >= 0.3 is 5.88 Å². The van der Waals surface area contributed by atoms with Gasteiger partial charge in [-0.3, -0.25) is 10.1 Å². The Hall–Kier alpha value is -1.62. The lowest BCUT2D eigenvalue weighted by molar-refractivity contribution is -0.402. The topological polar surface area (TPSA) is 82.3 Å². The molecule has 0 atom stereocenters. The molecule has 0 bridgehead atoms. The third-order valence-corrected chi connectivity index (χ3v) is 3.49. The number of nitrogens with zero attached hydrogens (tertiary/aromatic N) is 1. The van der Waals surface area contributed by atoms with Gasteiger partial charge in [-0.05, 0) is 36.5 Å². The Balaban J connectivity index is 2.14. The van der Waals surface area contributed by atoms with Crippen molar-refractivity contribution in [2.75, 3.05) is 6.54 Å². The van der Waals surface area contributed by atoms with Crippen molar-refractivity contribution < 1.29 is 9.34 Å². The zero-order valence-electron chi connectivity index (χ0n) is 10.3. The Kier molecular flexibility index (Phi) is 4.15. The van der Waals surface area contributed by atoms with Crippen LogP contribution in [-0.4, -0.2) is 11.5 Å². The number of hydrogen-bond donors (Lipinski definition) is 1. The molecule has 2 rings (SSSR count). The minimum atomic E-state index is -0.528. The maximum Gasteiger partial charge on any atom is 0.433 e. The lowest BCUT2D eigenvalue weighted by atomic mass is 9.83. The van der Waals surface area contributed by atoms with Crippen LogP contribution >= 0.6 is 0 Å². The van der Waals surface area contributed by atoms with E-state index < -0.39 is 4.92 Å². The van der Waals surface area contributed by atoms with Crippen molar-refractivity contribution in [3.8, 4) is 0 Å². The molecule has 5 heteroatoms. The van der Waals surface area contributed by atoms with E-state index in [9.17, 15) is 10.1 Å². The van der Waals surface area contributed by atoms with Gasteiger partial charge in [0.15, 0.2) is 0 Å². The molecule has 1 aromatic rings. The van der Waals surface area contributed by atoms with Crippen molar-refractivity contribution in [1.29, 1.82) is 0 Å². The number of furan rings is 1. The van der Waals surface area contributed by atoms with Gasteiger partial charge in [-0.15, -0.1) is 0 Å². The third kappa shape index (κ3) is 2.98. The maximum atomic E-state index is 10.5.